The second-order valence-corrected chi connectivity index (χ2v) is 6.68. The van der Waals surface area contributed by atoms with Crippen molar-refractivity contribution in [3.63, 3.8) is 0 Å². The molecule has 0 aromatic heterocycles. The number of thioether (sulfide) groups is 1. The van der Waals surface area contributed by atoms with Gasteiger partial charge in [0.05, 0.1) is 18.6 Å². The number of methoxy groups -OCH3 is 1. The Morgan fingerprint density at radius 2 is 1.75 bits per heavy atom. The minimum absolute atomic E-state index is 0.000823. The molecule has 24 heavy (non-hydrogen) atoms. The highest BCUT2D eigenvalue weighted by atomic mass is 32.2. The molecule has 0 saturated heterocycles. The number of hydrogen-bond acceptors (Lipinski definition) is 5. The van der Waals surface area contributed by atoms with Crippen LogP contribution in [0.1, 0.15) is 37.0 Å². The first kappa shape index (κ1) is 20.2. The van der Waals surface area contributed by atoms with Gasteiger partial charge in [-0.1, -0.05) is 30.8 Å². The van der Waals surface area contributed by atoms with Crippen LogP contribution < -0.4 is 4.90 Å². The van der Waals surface area contributed by atoms with Crippen LogP contribution in [0.5, 0.6) is 0 Å². The lowest BCUT2D eigenvalue weighted by Gasteiger charge is -2.31. The number of esters is 1. The van der Waals surface area contributed by atoms with Crippen molar-refractivity contribution in [1.29, 1.82) is 0 Å². The van der Waals surface area contributed by atoms with E-state index in [0.29, 0.717) is 12.1 Å². The van der Waals surface area contributed by atoms with Gasteiger partial charge in [-0.3, -0.25) is 14.5 Å². The number of carbonyl (C=O) groups is 3. The van der Waals surface area contributed by atoms with Gasteiger partial charge >= 0.3 is 5.97 Å². The fourth-order valence-electron chi connectivity index (χ4n) is 2.43. The molecule has 0 aliphatic rings. The minimum atomic E-state index is -0.765. The van der Waals surface area contributed by atoms with Crippen LogP contribution in [0.4, 0.5) is 5.69 Å². The fraction of sp³-hybridized carbons (Fsp3) is 0.500. The SMILES string of the molecule is CCC(=O)SCC(=O)N(c1c(C)ccc(C)c1C)C(C)C(=O)OC. The highest BCUT2D eigenvalue weighted by molar-refractivity contribution is 8.14. The molecule has 0 saturated carbocycles. The predicted molar refractivity (Wildman–Crippen MR) is 97.4 cm³/mol. The Bertz CT molecular complexity index is 642. The Kier molecular flexibility index (Phi) is 7.48. The van der Waals surface area contributed by atoms with Crippen molar-refractivity contribution in [2.24, 2.45) is 0 Å². The third-order valence-electron chi connectivity index (χ3n) is 3.99. The van der Waals surface area contributed by atoms with Gasteiger partial charge in [0.2, 0.25) is 5.91 Å². The second-order valence-electron chi connectivity index (χ2n) is 5.65. The van der Waals surface area contributed by atoms with Crippen LogP contribution in [-0.4, -0.2) is 35.9 Å². The summed E-state index contributed by atoms with van der Waals surface area (Å²) in [5.74, 6) is -0.770. The molecule has 0 bridgehead atoms. The van der Waals surface area contributed by atoms with Crippen LogP contribution in [0, 0.1) is 20.8 Å². The number of aryl methyl sites for hydroxylation is 2. The van der Waals surface area contributed by atoms with Crippen molar-refractivity contribution in [2.75, 3.05) is 17.8 Å². The van der Waals surface area contributed by atoms with E-state index < -0.39 is 12.0 Å². The molecule has 1 aromatic carbocycles. The van der Waals surface area contributed by atoms with Gasteiger partial charge in [-0.05, 0) is 44.4 Å². The first-order valence-electron chi connectivity index (χ1n) is 7.86. The second kappa shape index (κ2) is 8.87. The van der Waals surface area contributed by atoms with Gasteiger partial charge in [-0.2, -0.15) is 0 Å². The van der Waals surface area contributed by atoms with E-state index in [2.05, 4.69) is 0 Å². The van der Waals surface area contributed by atoms with E-state index in [1.807, 2.05) is 32.9 Å². The Morgan fingerprint density at radius 1 is 1.17 bits per heavy atom. The van der Waals surface area contributed by atoms with Crippen LogP contribution in [0.2, 0.25) is 0 Å². The van der Waals surface area contributed by atoms with Crippen molar-refractivity contribution in [1.82, 2.24) is 0 Å². The summed E-state index contributed by atoms with van der Waals surface area (Å²) in [6, 6.07) is 3.14. The van der Waals surface area contributed by atoms with E-state index in [1.54, 1.807) is 13.8 Å². The quantitative estimate of drug-likeness (QED) is 0.737. The molecular formula is C18H25NO4S. The smallest absolute Gasteiger partial charge is 0.328 e. The van der Waals surface area contributed by atoms with Crippen molar-refractivity contribution in [3.05, 3.63) is 28.8 Å². The lowest BCUT2D eigenvalue weighted by atomic mass is 10.0. The molecule has 132 valence electrons. The molecule has 0 fully saturated rings. The Hall–Kier alpha value is -1.82. The summed E-state index contributed by atoms with van der Waals surface area (Å²) in [6.45, 7) is 9.17. The van der Waals surface area contributed by atoms with Crippen LogP contribution in [-0.2, 0) is 19.1 Å². The maximum Gasteiger partial charge on any atom is 0.328 e. The molecule has 1 aromatic rings. The van der Waals surface area contributed by atoms with Crippen molar-refractivity contribution in [3.8, 4) is 0 Å². The molecule has 1 amide bonds. The zero-order valence-corrected chi connectivity index (χ0v) is 16.0. The maximum atomic E-state index is 12.8. The van der Waals surface area contributed by atoms with Gasteiger partial charge < -0.3 is 4.74 Å². The van der Waals surface area contributed by atoms with Gasteiger partial charge in [-0.25, -0.2) is 4.79 Å². The summed E-state index contributed by atoms with van der Waals surface area (Å²) in [5, 5.41) is -0.0493. The molecule has 5 nitrogen and oxygen atoms in total. The summed E-state index contributed by atoms with van der Waals surface area (Å²) in [7, 11) is 1.30. The van der Waals surface area contributed by atoms with Gasteiger partial charge in [0, 0.05) is 6.42 Å². The lowest BCUT2D eigenvalue weighted by molar-refractivity contribution is -0.142. The summed E-state index contributed by atoms with van der Waals surface area (Å²) in [5.41, 5.74) is 3.57. The fourth-order valence-corrected chi connectivity index (χ4v) is 3.06. The number of ether oxygens (including phenoxy) is 1. The molecule has 1 rings (SSSR count). The average Bonchev–Trinajstić information content (AvgIpc) is 2.58. The monoisotopic (exact) mass is 351 g/mol. The highest BCUT2D eigenvalue weighted by Gasteiger charge is 2.30. The molecule has 0 spiro atoms. The van der Waals surface area contributed by atoms with E-state index in [9.17, 15) is 14.4 Å². The number of anilines is 1. The topological polar surface area (TPSA) is 63.7 Å². The normalized spacial score (nSPS) is 11.8. The molecule has 0 N–H and O–H groups in total. The van der Waals surface area contributed by atoms with Crippen molar-refractivity contribution < 1.29 is 19.1 Å². The van der Waals surface area contributed by atoms with Crippen molar-refractivity contribution in [2.45, 2.75) is 47.1 Å². The molecule has 1 unspecified atom stereocenters. The number of carbonyl (C=O) groups excluding carboxylic acids is 3. The summed E-state index contributed by atoms with van der Waals surface area (Å²) in [4.78, 5) is 37.8. The molecule has 0 heterocycles. The number of hydrogen-bond donors (Lipinski definition) is 0. The summed E-state index contributed by atoms with van der Waals surface area (Å²) in [6.07, 6.45) is 0.368. The van der Waals surface area contributed by atoms with Crippen LogP contribution in [0.15, 0.2) is 12.1 Å². The van der Waals surface area contributed by atoms with Gasteiger partial charge in [0.25, 0.3) is 0 Å². The maximum absolute atomic E-state index is 12.8. The van der Waals surface area contributed by atoms with Gasteiger partial charge in [0.15, 0.2) is 5.12 Å². The number of nitrogens with zero attached hydrogens (tertiary/aromatic N) is 1. The minimum Gasteiger partial charge on any atom is -0.467 e. The zero-order chi connectivity index (χ0) is 18.4. The summed E-state index contributed by atoms with van der Waals surface area (Å²) >= 11 is 0.978. The number of amides is 1. The first-order valence-corrected chi connectivity index (χ1v) is 8.85. The molecule has 0 radical (unpaired) electrons. The van der Waals surface area contributed by atoms with E-state index in [1.165, 1.54) is 12.0 Å². The van der Waals surface area contributed by atoms with Crippen LogP contribution in [0.3, 0.4) is 0 Å². The molecule has 1 atom stereocenters. The van der Waals surface area contributed by atoms with Crippen LogP contribution in [0.25, 0.3) is 0 Å². The predicted octanol–water partition coefficient (Wildman–Crippen LogP) is 3.18. The van der Waals surface area contributed by atoms with Gasteiger partial charge in [0.1, 0.15) is 6.04 Å². The van der Waals surface area contributed by atoms with E-state index >= 15 is 0 Å². The number of benzene rings is 1. The third kappa shape index (κ3) is 4.60. The Labute approximate surface area is 147 Å². The standard InChI is InChI=1S/C18H25NO4S/c1-7-16(21)24-10-15(20)19(14(5)18(22)23-6)17-12(3)9-8-11(2)13(17)4/h8-9,14H,7,10H2,1-6H3. The number of rotatable bonds is 6. The molecule has 0 aliphatic heterocycles. The largest absolute Gasteiger partial charge is 0.467 e. The van der Waals surface area contributed by atoms with E-state index in [-0.39, 0.29) is 16.8 Å². The third-order valence-corrected chi connectivity index (χ3v) is 4.99. The Morgan fingerprint density at radius 3 is 2.29 bits per heavy atom. The summed E-state index contributed by atoms with van der Waals surface area (Å²) < 4.78 is 4.81. The highest BCUT2D eigenvalue weighted by Crippen LogP contribution is 2.30. The molecular weight excluding hydrogens is 326 g/mol. The molecule has 0 aliphatic carbocycles. The Balaban J connectivity index is 3.30. The molecule has 6 heteroatoms. The lowest BCUT2D eigenvalue weighted by Crippen LogP contribution is -2.46. The van der Waals surface area contributed by atoms with Gasteiger partial charge in [-0.15, -0.1) is 0 Å². The van der Waals surface area contributed by atoms with E-state index in [4.69, 9.17) is 4.74 Å². The first-order chi connectivity index (χ1) is 11.2. The van der Waals surface area contributed by atoms with E-state index in [0.717, 1.165) is 28.5 Å². The zero-order valence-electron chi connectivity index (χ0n) is 15.1. The van der Waals surface area contributed by atoms with Crippen LogP contribution >= 0.6 is 11.8 Å². The average molecular weight is 351 g/mol. The van der Waals surface area contributed by atoms with Crippen molar-refractivity contribution >= 4 is 34.4 Å².